The molecule has 3 atom stereocenters. The maximum Gasteiger partial charge on any atom is 0.228 e. The van der Waals surface area contributed by atoms with Crippen molar-refractivity contribution in [3.05, 3.63) is 10.1 Å². The maximum atomic E-state index is 10.8. The summed E-state index contributed by atoms with van der Waals surface area (Å²) in [7, 11) is 0. The van der Waals surface area contributed by atoms with Crippen LogP contribution >= 0.6 is 0 Å². The largest absolute Gasteiger partial charge is 0.308 e. The molecule has 3 unspecified atom stereocenters. The molecule has 74 valence electrons. The van der Waals surface area contributed by atoms with E-state index in [1.165, 1.54) is 19.3 Å². The molecule has 2 fully saturated rings. The van der Waals surface area contributed by atoms with Gasteiger partial charge in [0.15, 0.2) is 0 Å². The minimum atomic E-state index is -0.320. The zero-order valence-electron chi connectivity index (χ0n) is 7.74. The predicted octanol–water partition coefficient (Wildman–Crippen LogP) is 1.18. The van der Waals surface area contributed by atoms with Crippen molar-refractivity contribution < 1.29 is 4.92 Å². The molecule has 2 aliphatic rings. The van der Waals surface area contributed by atoms with Gasteiger partial charge in [-0.15, -0.1) is 0 Å². The maximum absolute atomic E-state index is 10.8. The van der Waals surface area contributed by atoms with Gasteiger partial charge in [-0.25, -0.2) is 0 Å². The minimum absolute atomic E-state index is 0.0881. The highest BCUT2D eigenvalue weighted by molar-refractivity contribution is 4.90. The molecule has 0 aromatic carbocycles. The lowest BCUT2D eigenvalue weighted by atomic mass is 9.77. The van der Waals surface area contributed by atoms with Gasteiger partial charge < -0.3 is 5.32 Å². The van der Waals surface area contributed by atoms with E-state index in [4.69, 9.17) is 0 Å². The summed E-state index contributed by atoms with van der Waals surface area (Å²) in [5.74, 6) is 0.567. The Hall–Kier alpha value is -0.640. The SMILES string of the molecule is O=[N+]([O-])C1CCCC2CCCNC21. The van der Waals surface area contributed by atoms with Crippen LogP contribution < -0.4 is 5.32 Å². The first-order valence-electron chi connectivity index (χ1n) is 5.16. The molecule has 4 nitrogen and oxygen atoms in total. The first kappa shape index (κ1) is 8.94. The van der Waals surface area contributed by atoms with Crippen LogP contribution in [0.4, 0.5) is 0 Å². The van der Waals surface area contributed by atoms with Crippen LogP contribution in [0.5, 0.6) is 0 Å². The van der Waals surface area contributed by atoms with Gasteiger partial charge in [0.2, 0.25) is 6.04 Å². The molecule has 0 radical (unpaired) electrons. The first-order valence-corrected chi connectivity index (χ1v) is 5.16. The highest BCUT2D eigenvalue weighted by Crippen LogP contribution is 2.31. The second-order valence-corrected chi connectivity index (χ2v) is 4.17. The van der Waals surface area contributed by atoms with Crippen molar-refractivity contribution in [3.8, 4) is 0 Å². The predicted molar refractivity (Wildman–Crippen MR) is 49.1 cm³/mol. The average Bonchev–Trinajstić information content (AvgIpc) is 2.17. The number of hydrogen-bond acceptors (Lipinski definition) is 3. The fraction of sp³-hybridized carbons (Fsp3) is 1.00. The van der Waals surface area contributed by atoms with Crippen LogP contribution in [0, 0.1) is 16.0 Å². The second kappa shape index (κ2) is 3.62. The van der Waals surface area contributed by atoms with E-state index in [1.807, 2.05) is 0 Å². The lowest BCUT2D eigenvalue weighted by molar-refractivity contribution is -0.532. The third kappa shape index (κ3) is 1.68. The molecule has 0 bridgehead atoms. The van der Waals surface area contributed by atoms with Gasteiger partial charge in [0.25, 0.3) is 0 Å². The first-order chi connectivity index (χ1) is 6.29. The summed E-state index contributed by atoms with van der Waals surface area (Å²) in [4.78, 5) is 10.7. The molecule has 1 aliphatic carbocycles. The Morgan fingerprint density at radius 1 is 1.23 bits per heavy atom. The highest BCUT2D eigenvalue weighted by Gasteiger charge is 2.41. The third-order valence-electron chi connectivity index (χ3n) is 3.40. The van der Waals surface area contributed by atoms with E-state index in [1.54, 1.807) is 0 Å². The van der Waals surface area contributed by atoms with E-state index in [9.17, 15) is 10.1 Å². The Kier molecular flexibility index (Phi) is 2.49. The van der Waals surface area contributed by atoms with Gasteiger partial charge in [-0.2, -0.15) is 0 Å². The Balaban J connectivity index is 2.06. The zero-order valence-corrected chi connectivity index (χ0v) is 7.74. The summed E-state index contributed by atoms with van der Waals surface area (Å²) in [5.41, 5.74) is 0. The standard InChI is InChI=1S/C9H16N2O2/c12-11(13)8-5-1-3-7-4-2-6-10-9(7)8/h7-10H,1-6H2. The van der Waals surface area contributed by atoms with Crippen LogP contribution in [0.25, 0.3) is 0 Å². The number of nitrogens with one attached hydrogen (secondary N) is 1. The van der Waals surface area contributed by atoms with Gasteiger partial charge in [0.1, 0.15) is 0 Å². The summed E-state index contributed by atoms with van der Waals surface area (Å²) in [5, 5.41) is 14.1. The van der Waals surface area contributed by atoms with Crippen molar-refractivity contribution in [2.75, 3.05) is 6.54 Å². The monoisotopic (exact) mass is 184 g/mol. The molecule has 1 heterocycles. The lowest BCUT2D eigenvalue weighted by Crippen LogP contribution is -2.53. The van der Waals surface area contributed by atoms with Crippen LogP contribution in [0.2, 0.25) is 0 Å². The molecule has 0 amide bonds. The summed E-state index contributed by atoms with van der Waals surface area (Å²) < 4.78 is 0. The summed E-state index contributed by atoms with van der Waals surface area (Å²) in [6.45, 7) is 0.964. The molecule has 0 aromatic heterocycles. The lowest BCUT2D eigenvalue weighted by Gasteiger charge is -2.37. The van der Waals surface area contributed by atoms with E-state index in [2.05, 4.69) is 5.32 Å². The third-order valence-corrected chi connectivity index (χ3v) is 3.40. The Bertz CT molecular complexity index is 206. The van der Waals surface area contributed by atoms with Gasteiger partial charge in [-0.05, 0) is 38.1 Å². The zero-order chi connectivity index (χ0) is 9.26. The number of nitrogens with zero attached hydrogens (tertiary/aromatic N) is 1. The summed E-state index contributed by atoms with van der Waals surface area (Å²) >= 11 is 0. The highest BCUT2D eigenvalue weighted by atomic mass is 16.6. The van der Waals surface area contributed by atoms with Crippen molar-refractivity contribution in [1.29, 1.82) is 0 Å². The van der Waals surface area contributed by atoms with Crippen molar-refractivity contribution in [1.82, 2.24) is 5.32 Å². The quantitative estimate of drug-likeness (QED) is 0.492. The molecular weight excluding hydrogens is 168 g/mol. The van der Waals surface area contributed by atoms with E-state index >= 15 is 0 Å². The molecule has 2 rings (SSSR count). The van der Waals surface area contributed by atoms with Crippen LogP contribution in [-0.4, -0.2) is 23.6 Å². The molecule has 1 aliphatic heterocycles. The number of fused-ring (bicyclic) bond motifs is 1. The number of nitro groups is 1. The molecular formula is C9H16N2O2. The Morgan fingerprint density at radius 3 is 2.77 bits per heavy atom. The molecule has 1 N–H and O–H groups in total. The fourth-order valence-corrected chi connectivity index (χ4v) is 2.76. The van der Waals surface area contributed by atoms with E-state index < -0.39 is 0 Å². The Morgan fingerprint density at radius 2 is 2.00 bits per heavy atom. The van der Waals surface area contributed by atoms with Crippen molar-refractivity contribution in [2.24, 2.45) is 5.92 Å². The normalized spacial score (nSPS) is 39.5. The van der Waals surface area contributed by atoms with Crippen LogP contribution in [-0.2, 0) is 0 Å². The smallest absolute Gasteiger partial charge is 0.228 e. The van der Waals surface area contributed by atoms with Crippen molar-refractivity contribution >= 4 is 0 Å². The Labute approximate surface area is 77.8 Å². The van der Waals surface area contributed by atoms with Crippen LogP contribution in [0.15, 0.2) is 0 Å². The fourth-order valence-electron chi connectivity index (χ4n) is 2.76. The minimum Gasteiger partial charge on any atom is -0.308 e. The molecule has 13 heavy (non-hydrogen) atoms. The van der Waals surface area contributed by atoms with E-state index in [0.717, 1.165) is 19.4 Å². The van der Waals surface area contributed by atoms with Crippen LogP contribution in [0.3, 0.4) is 0 Å². The molecule has 0 spiro atoms. The van der Waals surface area contributed by atoms with Gasteiger partial charge in [-0.3, -0.25) is 10.1 Å². The second-order valence-electron chi connectivity index (χ2n) is 4.17. The van der Waals surface area contributed by atoms with Gasteiger partial charge in [0, 0.05) is 11.3 Å². The summed E-state index contributed by atoms with van der Waals surface area (Å²) in [6, 6.07) is -0.156. The van der Waals surface area contributed by atoms with E-state index in [0.29, 0.717) is 5.92 Å². The van der Waals surface area contributed by atoms with Gasteiger partial charge in [-0.1, -0.05) is 0 Å². The summed E-state index contributed by atoms with van der Waals surface area (Å²) in [6.07, 6.45) is 5.35. The average molecular weight is 184 g/mol. The van der Waals surface area contributed by atoms with Crippen LogP contribution in [0.1, 0.15) is 32.1 Å². The molecule has 0 aromatic rings. The number of hydrogen-bond donors (Lipinski definition) is 1. The van der Waals surface area contributed by atoms with E-state index in [-0.39, 0.29) is 17.0 Å². The number of piperidine rings is 1. The van der Waals surface area contributed by atoms with Gasteiger partial charge in [0.05, 0.1) is 6.04 Å². The molecule has 1 saturated heterocycles. The molecule has 1 saturated carbocycles. The van der Waals surface area contributed by atoms with Crippen molar-refractivity contribution in [3.63, 3.8) is 0 Å². The van der Waals surface area contributed by atoms with Gasteiger partial charge >= 0.3 is 0 Å². The van der Waals surface area contributed by atoms with Crippen molar-refractivity contribution in [2.45, 2.75) is 44.2 Å². The molecule has 4 heteroatoms. The number of rotatable bonds is 1. The topological polar surface area (TPSA) is 55.2 Å².